The normalized spacial score (nSPS) is 13.3. The molecule has 1 aromatic rings. The molecule has 4 N–H and O–H groups in total. The van der Waals surface area contributed by atoms with Crippen LogP contribution in [0.3, 0.4) is 0 Å². The van der Waals surface area contributed by atoms with Crippen LogP contribution in [0.25, 0.3) is 0 Å². The Morgan fingerprint density at radius 3 is 2.19 bits per heavy atom. The van der Waals surface area contributed by atoms with E-state index in [0.717, 1.165) is 12.0 Å². The molecule has 1 aromatic carbocycles. The maximum absolute atomic E-state index is 12.7. The van der Waals surface area contributed by atoms with E-state index in [4.69, 9.17) is 10.5 Å². The van der Waals surface area contributed by atoms with Crippen LogP contribution < -0.4 is 11.1 Å². The van der Waals surface area contributed by atoms with Gasteiger partial charge in [0.15, 0.2) is 6.17 Å². The summed E-state index contributed by atoms with van der Waals surface area (Å²) in [6.07, 6.45) is -2.13. The molecule has 0 aromatic heterocycles. The van der Waals surface area contributed by atoms with Crippen molar-refractivity contribution < 1.29 is 29.0 Å². The van der Waals surface area contributed by atoms with Gasteiger partial charge in [0.1, 0.15) is 17.4 Å². The molecule has 0 saturated carbocycles. The summed E-state index contributed by atoms with van der Waals surface area (Å²) in [6, 6.07) is 4.56. The predicted molar refractivity (Wildman–Crippen MR) is 93.0 cm³/mol. The number of ether oxygens (including phenoxy) is 2. The number of nitrogens with one attached hydrogen (secondary N) is 1. The molecular formula is C17H25N3O6. The summed E-state index contributed by atoms with van der Waals surface area (Å²) in [7, 11) is 2.52. The van der Waals surface area contributed by atoms with E-state index in [1.807, 2.05) is 0 Å². The Hall–Kier alpha value is -2.81. The molecule has 26 heavy (non-hydrogen) atoms. The lowest BCUT2D eigenvalue weighted by Gasteiger charge is -2.30. The van der Waals surface area contributed by atoms with Gasteiger partial charge in [0.2, 0.25) is 5.91 Å². The Labute approximate surface area is 152 Å². The van der Waals surface area contributed by atoms with E-state index >= 15 is 0 Å². The van der Waals surface area contributed by atoms with Crippen molar-refractivity contribution in [3.05, 3.63) is 29.8 Å². The number of carbonyl (C=O) groups excluding carboxylic acids is 3. The van der Waals surface area contributed by atoms with Crippen molar-refractivity contribution in [1.82, 2.24) is 10.2 Å². The minimum absolute atomic E-state index is 0.000841. The third-order valence-corrected chi connectivity index (χ3v) is 3.28. The Bertz CT molecular complexity index is 653. The highest BCUT2D eigenvalue weighted by molar-refractivity contribution is 5.90. The molecule has 1 rings (SSSR count). The largest absolute Gasteiger partial charge is 0.508 e. The number of amides is 2. The first-order chi connectivity index (χ1) is 12.0. The van der Waals surface area contributed by atoms with Crippen molar-refractivity contribution in [1.29, 1.82) is 0 Å². The highest BCUT2D eigenvalue weighted by Gasteiger charge is 2.33. The summed E-state index contributed by atoms with van der Waals surface area (Å²) in [6.45, 7) is 5.09. The predicted octanol–water partition coefficient (Wildman–Crippen LogP) is 0.874. The number of phenolic OH excluding ortho intramolecular Hbond substituents is 1. The van der Waals surface area contributed by atoms with Gasteiger partial charge in [-0.3, -0.25) is 9.69 Å². The van der Waals surface area contributed by atoms with Crippen LogP contribution in [0.4, 0.5) is 4.79 Å². The average Bonchev–Trinajstić information content (AvgIpc) is 2.54. The fourth-order valence-corrected chi connectivity index (χ4v) is 2.06. The van der Waals surface area contributed by atoms with Crippen LogP contribution in [0.15, 0.2) is 24.3 Å². The third kappa shape index (κ3) is 5.92. The van der Waals surface area contributed by atoms with Gasteiger partial charge in [0.25, 0.3) is 0 Å². The number of benzene rings is 1. The van der Waals surface area contributed by atoms with Crippen LogP contribution in [0, 0.1) is 0 Å². The molecule has 0 heterocycles. The van der Waals surface area contributed by atoms with E-state index in [1.54, 1.807) is 20.8 Å². The molecule has 0 bridgehead atoms. The number of nitrogens with two attached hydrogens (primary N) is 1. The molecule has 0 aliphatic carbocycles. The lowest BCUT2D eigenvalue weighted by molar-refractivity contribution is -0.145. The van der Waals surface area contributed by atoms with Gasteiger partial charge in [0.05, 0.1) is 7.11 Å². The number of rotatable bonds is 5. The number of aromatic hydroxyl groups is 1. The van der Waals surface area contributed by atoms with Gasteiger partial charge in [0, 0.05) is 7.05 Å². The van der Waals surface area contributed by atoms with Crippen LogP contribution in [0.2, 0.25) is 0 Å². The number of nitrogens with zero attached hydrogens (tertiary/aromatic N) is 1. The van der Waals surface area contributed by atoms with Gasteiger partial charge < -0.3 is 25.6 Å². The molecule has 9 heteroatoms. The zero-order valence-electron chi connectivity index (χ0n) is 15.5. The van der Waals surface area contributed by atoms with Crippen molar-refractivity contribution in [2.24, 2.45) is 5.73 Å². The molecule has 0 saturated heterocycles. The van der Waals surface area contributed by atoms with Gasteiger partial charge in [-0.25, -0.2) is 9.59 Å². The zero-order valence-corrected chi connectivity index (χ0v) is 15.5. The Kier molecular flexibility index (Phi) is 6.96. The maximum atomic E-state index is 12.7. The Morgan fingerprint density at radius 1 is 1.19 bits per heavy atom. The second-order valence-corrected chi connectivity index (χ2v) is 6.59. The first kappa shape index (κ1) is 21.2. The minimum atomic E-state index is -1.39. The SMILES string of the molecule is COC(=O)[C@H](N)NC(=O)[C@H](c1ccc(O)cc1)N(C)C(=O)OC(C)(C)C. The molecule has 0 aliphatic rings. The molecular weight excluding hydrogens is 342 g/mol. The fourth-order valence-electron chi connectivity index (χ4n) is 2.06. The standard InChI is InChI=1S/C17H25N3O6/c1-17(2,3)26-16(24)20(4)12(10-6-8-11(21)9-7-10)14(22)19-13(18)15(23)25-5/h6-9,12-13,21H,18H2,1-5H3,(H,19,22)/t12-,13+/m0/s1. The number of esters is 1. The minimum Gasteiger partial charge on any atom is -0.508 e. The lowest BCUT2D eigenvalue weighted by atomic mass is 10.0. The molecule has 0 spiro atoms. The maximum Gasteiger partial charge on any atom is 0.410 e. The number of methoxy groups -OCH3 is 1. The second-order valence-electron chi connectivity index (χ2n) is 6.59. The monoisotopic (exact) mass is 367 g/mol. The molecule has 0 radical (unpaired) electrons. The van der Waals surface area contributed by atoms with Crippen molar-refractivity contribution >= 4 is 18.0 Å². The zero-order chi connectivity index (χ0) is 20.1. The van der Waals surface area contributed by atoms with Crippen LogP contribution in [0.1, 0.15) is 32.4 Å². The first-order valence-electron chi connectivity index (χ1n) is 7.85. The fraction of sp³-hybridized carbons (Fsp3) is 0.471. The molecule has 9 nitrogen and oxygen atoms in total. The second kappa shape index (κ2) is 8.52. The Balaban J connectivity index is 3.13. The first-order valence-corrected chi connectivity index (χ1v) is 7.85. The smallest absolute Gasteiger partial charge is 0.410 e. The van der Waals surface area contributed by atoms with Crippen LogP contribution in [0.5, 0.6) is 5.75 Å². The van der Waals surface area contributed by atoms with E-state index in [0.29, 0.717) is 5.56 Å². The number of phenols is 1. The molecule has 0 unspecified atom stereocenters. The number of hydrogen-bond donors (Lipinski definition) is 3. The van der Waals surface area contributed by atoms with Gasteiger partial charge in [-0.2, -0.15) is 0 Å². The van der Waals surface area contributed by atoms with E-state index in [1.165, 1.54) is 31.3 Å². The molecule has 2 amide bonds. The number of carbonyl (C=O) groups is 3. The van der Waals surface area contributed by atoms with Gasteiger partial charge in [-0.05, 0) is 38.5 Å². The van der Waals surface area contributed by atoms with E-state index < -0.39 is 35.8 Å². The quantitative estimate of drug-likeness (QED) is 0.520. The van der Waals surface area contributed by atoms with Crippen LogP contribution >= 0.6 is 0 Å². The van der Waals surface area contributed by atoms with Gasteiger partial charge in [-0.15, -0.1) is 0 Å². The van der Waals surface area contributed by atoms with Crippen molar-refractivity contribution in [2.75, 3.05) is 14.2 Å². The summed E-state index contributed by atoms with van der Waals surface area (Å²) >= 11 is 0. The van der Waals surface area contributed by atoms with Crippen molar-refractivity contribution in [3.63, 3.8) is 0 Å². The molecule has 2 atom stereocenters. The number of likely N-dealkylation sites (N-methyl/N-ethyl adjacent to an activating group) is 1. The summed E-state index contributed by atoms with van der Waals surface area (Å²) in [5.41, 5.74) is 5.20. The third-order valence-electron chi connectivity index (χ3n) is 3.28. The van der Waals surface area contributed by atoms with Gasteiger partial charge in [-0.1, -0.05) is 12.1 Å². The topological polar surface area (TPSA) is 131 Å². The van der Waals surface area contributed by atoms with Crippen LogP contribution in [-0.2, 0) is 19.1 Å². The molecule has 144 valence electrons. The van der Waals surface area contributed by atoms with E-state index in [-0.39, 0.29) is 5.75 Å². The average molecular weight is 367 g/mol. The molecule has 0 aliphatic heterocycles. The summed E-state index contributed by atoms with van der Waals surface area (Å²) in [5.74, 6) is -1.54. The van der Waals surface area contributed by atoms with Crippen molar-refractivity contribution in [2.45, 2.75) is 38.6 Å². The summed E-state index contributed by atoms with van der Waals surface area (Å²) < 4.78 is 9.76. The van der Waals surface area contributed by atoms with Crippen molar-refractivity contribution in [3.8, 4) is 5.75 Å². The van der Waals surface area contributed by atoms with Crippen LogP contribution in [-0.4, -0.2) is 53.9 Å². The van der Waals surface area contributed by atoms with E-state index in [2.05, 4.69) is 10.1 Å². The highest BCUT2D eigenvalue weighted by Crippen LogP contribution is 2.24. The summed E-state index contributed by atoms with van der Waals surface area (Å²) in [4.78, 5) is 37.6. The number of hydrogen-bond acceptors (Lipinski definition) is 7. The van der Waals surface area contributed by atoms with E-state index in [9.17, 15) is 19.5 Å². The molecule has 0 fully saturated rings. The van der Waals surface area contributed by atoms with Gasteiger partial charge >= 0.3 is 12.1 Å². The lowest BCUT2D eigenvalue weighted by Crippen LogP contribution is -2.52. The highest BCUT2D eigenvalue weighted by atomic mass is 16.6. The summed E-state index contributed by atoms with van der Waals surface area (Å²) in [5, 5.41) is 11.7. The Morgan fingerprint density at radius 2 is 1.73 bits per heavy atom.